The second-order valence-corrected chi connectivity index (χ2v) is 7.36. The maximum Gasteiger partial charge on any atom is 0.210 e. The monoisotopic (exact) mass is 361 g/mol. The number of thioether (sulfide) groups is 1. The number of aromatic nitrogens is 5. The van der Waals surface area contributed by atoms with Gasteiger partial charge in [-0.15, -0.1) is 27.8 Å². The van der Waals surface area contributed by atoms with Crippen LogP contribution < -0.4 is 0 Å². The standard InChI is InChI=1S/C14H11N5OS3/c1-3-11(20-5-1)7-19-14(16-17-18-19)23-9-10-8-22-13(15-10)12-4-2-6-21-12/h1-6,8H,7,9H2. The Kier molecular flexibility index (Phi) is 4.22. The Morgan fingerprint density at radius 2 is 2.22 bits per heavy atom. The highest BCUT2D eigenvalue weighted by molar-refractivity contribution is 7.98. The van der Waals surface area contributed by atoms with Crippen LogP contribution in [0.15, 0.2) is 50.9 Å². The molecule has 0 radical (unpaired) electrons. The van der Waals surface area contributed by atoms with Crippen molar-refractivity contribution in [1.82, 2.24) is 25.2 Å². The van der Waals surface area contributed by atoms with E-state index in [0.29, 0.717) is 6.54 Å². The Balaban J connectivity index is 1.43. The van der Waals surface area contributed by atoms with E-state index in [4.69, 9.17) is 4.42 Å². The molecule has 0 atom stereocenters. The van der Waals surface area contributed by atoms with Crippen molar-refractivity contribution >= 4 is 34.4 Å². The second-order valence-electron chi connectivity index (χ2n) is 4.61. The Labute approximate surface area is 144 Å². The largest absolute Gasteiger partial charge is 0.467 e. The second kappa shape index (κ2) is 6.65. The van der Waals surface area contributed by atoms with Crippen molar-refractivity contribution in [2.75, 3.05) is 0 Å². The van der Waals surface area contributed by atoms with Gasteiger partial charge in [-0.25, -0.2) is 9.67 Å². The third-order valence-corrected chi connectivity index (χ3v) is 5.94. The van der Waals surface area contributed by atoms with Crippen LogP contribution in [0.25, 0.3) is 9.88 Å². The van der Waals surface area contributed by atoms with Gasteiger partial charge in [0.25, 0.3) is 0 Å². The summed E-state index contributed by atoms with van der Waals surface area (Å²) in [5.41, 5.74) is 1.04. The van der Waals surface area contributed by atoms with Crippen molar-refractivity contribution in [1.29, 1.82) is 0 Å². The predicted molar refractivity (Wildman–Crippen MR) is 90.6 cm³/mol. The van der Waals surface area contributed by atoms with E-state index in [1.807, 2.05) is 18.2 Å². The Hall–Kier alpha value is -1.97. The van der Waals surface area contributed by atoms with Gasteiger partial charge in [0.05, 0.1) is 16.8 Å². The van der Waals surface area contributed by atoms with Crippen LogP contribution in [-0.2, 0) is 12.3 Å². The SMILES string of the molecule is c1coc(Cn2nnnc2SCc2csc(-c3cccs3)n2)c1. The summed E-state index contributed by atoms with van der Waals surface area (Å²) in [5.74, 6) is 1.56. The molecule has 0 amide bonds. The van der Waals surface area contributed by atoms with Crippen LogP contribution >= 0.6 is 34.4 Å². The lowest BCUT2D eigenvalue weighted by Gasteiger charge is -2.01. The highest BCUT2D eigenvalue weighted by Gasteiger charge is 2.11. The van der Waals surface area contributed by atoms with E-state index in [1.54, 1.807) is 45.4 Å². The number of thiazole rings is 1. The zero-order valence-electron chi connectivity index (χ0n) is 11.8. The van der Waals surface area contributed by atoms with Gasteiger partial charge in [0.2, 0.25) is 5.16 Å². The van der Waals surface area contributed by atoms with Crippen molar-refractivity contribution in [3.63, 3.8) is 0 Å². The lowest BCUT2D eigenvalue weighted by atomic mass is 10.4. The minimum Gasteiger partial charge on any atom is -0.467 e. The molecule has 0 saturated carbocycles. The summed E-state index contributed by atoms with van der Waals surface area (Å²) in [6.45, 7) is 0.528. The first kappa shape index (κ1) is 14.6. The Morgan fingerprint density at radius 3 is 3.04 bits per heavy atom. The molecule has 6 nitrogen and oxygen atoms in total. The zero-order chi connectivity index (χ0) is 15.5. The van der Waals surface area contributed by atoms with Gasteiger partial charge in [0, 0.05) is 11.1 Å². The fraction of sp³-hybridized carbons (Fsp3) is 0.143. The molecule has 4 heterocycles. The molecule has 116 valence electrons. The van der Waals surface area contributed by atoms with E-state index in [0.717, 1.165) is 27.4 Å². The maximum absolute atomic E-state index is 5.33. The number of furan rings is 1. The van der Waals surface area contributed by atoms with Gasteiger partial charge in [-0.3, -0.25) is 0 Å². The molecular weight excluding hydrogens is 350 g/mol. The molecule has 0 N–H and O–H groups in total. The van der Waals surface area contributed by atoms with Crippen LogP contribution in [0.2, 0.25) is 0 Å². The summed E-state index contributed by atoms with van der Waals surface area (Å²) in [6.07, 6.45) is 1.65. The smallest absolute Gasteiger partial charge is 0.210 e. The molecule has 9 heteroatoms. The molecule has 0 saturated heterocycles. The predicted octanol–water partition coefficient (Wildman–Crippen LogP) is 3.79. The number of tetrazole rings is 1. The van der Waals surface area contributed by atoms with E-state index in [-0.39, 0.29) is 0 Å². The fourth-order valence-corrected chi connectivity index (χ4v) is 4.48. The van der Waals surface area contributed by atoms with Gasteiger partial charge in [-0.2, -0.15) is 0 Å². The number of hydrogen-bond acceptors (Lipinski definition) is 8. The third kappa shape index (κ3) is 3.36. The summed E-state index contributed by atoms with van der Waals surface area (Å²) >= 11 is 4.94. The molecule has 23 heavy (non-hydrogen) atoms. The minimum atomic E-state index is 0.528. The van der Waals surface area contributed by atoms with Crippen molar-refractivity contribution in [2.24, 2.45) is 0 Å². The van der Waals surface area contributed by atoms with Crippen LogP contribution in [-0.4, -0.2) is 25.2 Å². The van der Waals surface area contributed by atoms with Crippen LogP contribution in [0.1, 0.15) is 11.5 Å². The van der Waals surface area contributed by atoms with E-state index in [1.165, 1.54) is 4.88 Å². The van der Waals surface area contributed by atoms with Gasteiger partial charge in [0.15, 0.2) is 0 Å². The van der Waals surface area contributed by atoms with Crippen molar-refractivity contribution < 1.29 is 4.42 Å². The first-order valence-electron chi connectivity index (χ1n) is 6.78. The summed E-state index contributed by atoms with van der Waals surface area (Å²) in [5, 5.41) is 17.8. The molecular formula is C14H11N5OS3. The minimum absolute atomic E-state index is 0.528. The van der Waals surface area contributed by atoms with Gasteiger partial charge < -0.3 is 4.42 Å². The Bertz CT molecular complexity index is 866. The molecule has 0 spiro atoms. The third-order valence-electron chi connectivity index (χ3n) is 3.02. The van der Waals surface area contributed by atoms with Gasteiger partial charge in [-0.1, -0.05) is 17.8 Å². The topological polar surface area (TPSA) is 69.6 Å². The number of nitrogens with zero attached hydrogens (tertiary/aromatic N) is 5. The molecule has 0 aliphatic carbocycles. The summed E-state index contributed by atoms with van der Waals surface area (Å²) < 4.78 is 7.07. The van der Waals surface area contributed by atoms with Crippen molar-refractivity contribution in [3.05, 3.63) is 52.7 Å². The lowest BCUT2D eigenvalue weighted by molar-refractivity contribution is 0.462. The normalized spacial score (nSPS) is 11.1. The lowest BCUT2D eigenvalue weighted by Crippen LogP contribution is -2.03. The molecule has 0 aromatic carbocycles. The highest BCUT2D eigenvalue weighted by Crippen LogP contribution is 2.29. The highest BCUT2D eigenvalue weighted by atomic mass is 32.2. The molecule has 0 bridgehead atoms. The van der Waals surface area contributed by atoms with Gasteiger partial charge in [0.1, 0.15) is 17.3 Å². The van der Waals surface area contributed by atoms with Crippen molar-refractivity contribution in [3.8, 4) is 9.88 Å². The maximum atomic E-state index is 5.33. The summed E-state index contributed by atoms with van der Waals surface area (Å²) in [4.78, 5) is 5.87. The van der Waals surface area contributed by atoms with E-state index in [9.17, 15) is 0 Å². The molecule has 0 aliphatic rings. The van der Waals surface area contributed by atoms with E-state index < -0.39 is 0 Å². The molecule has 0 unspecified atom stereocenters. The average molecular weight is 361 g/mol. The van der Waals surface area contributed by atoms with Crippen LogP contribution in [0.3, 0.4) is 0 Å². The molecule has 0 aliphatic heterocycles. The van der Waals surface area contributed by atoms with Crippen LogP contribution in [0, 0.1) is 0 Å². The zero-order valence-corrected chi connectivity index (χ0v) is 14.3. The average Bonchev–Trinajstić information content (AvgIpc) is 3.34. The summed E-state index contributed by atoms with van der Waals surface area (Å²) in [6, 6.07) is 7.89. The number of rotatable bonds is 6. The number of thiophene rings is 1. The van der Waals surface area contributed by atoms with Crippen molar-refractivity contribution in [2.45, 2.75) is 17.5 Å². The number of hydrogen-bond donors (Lipinski definition) is 0. The van der Waals surface area contributed by atoms with Gasteiger partial charge >= 0.3 is 0 Å². The molecule has 4 aromatic rings. The fourth-order valence-electron chi connectivity index (χ4n) is 1.97. The van der Waals surface area contributed by atoms with Crippen LogP contribution in [0.4, 0.5) is 0 Å². The molecule has 0 fully saturated rings. The quantitative estimate of drug-likeness (QED) is 0.487. The summed E-state index contributed by atoms with van der Waals surface area (Å²) in [7, 11) is 0. The van der Waals surface area contributed by atoms with E-state index >= 15 is 0 Å². The van der Waals surface area contributed by atoms with Crippen LogP contribution in [0.5, 0.6) is 0 Å². The first-order chi connectivity index (χ1) is 11.4. The van der Waals surface area contributed by atoms with E-state index in [2.05, 4.69) is 37.3 Å². The Morgan fingerprint density at radius 1 is 1.22 bits per heavy atom. The van der Waals surface area contributed by atoms with Gasteiger partial charge in [-0.05, 0) is 34.0 Å². The first-order valence-corrected chi connectivity index (χ1v) is 9.52. The molecule has 4 rings (SSSR count). The molecule has 4 aromatic heterocycles.